The van der Waals surface area contributed by atoms with E-state index in [1.165, 1.54) is 12.1 Å². The number of nitrogens with zero attached hydrogens (tertiary/aromatic N) is 1. The summed E-state index contributed by atoms with van der Waals surface area (Å²) in [6.07, 6.45) is -4.67. The highest BCUT2D eigenvalue weighted by molar-refractivity contribution is 6.46. The molecule has 0 saturated carbocycles. The van der Waals surface area contributed by atoms with Crippen molar-refractivity contribution in [2.24, 2.45) is 0 Å². The minimum absolute atomic E-state index is 0.167. The number of ether oxygens (including phenoxy) is 1. The van der Waals surface area contributed by atoms with Crippen LogP contribution in [0.2, 0.25) is 15.2 Å². The summed E-state index contributed by atoms with van der Waals surface area (Å²) in [4.78, 5) is 27.4. The van der Waals surface area contributed by atoms with Crippen LogP contribution in [0.25, 0.3) is 0 Å². The van der Waals surface area contributed by atoms with Crippen LogP contribution in [0.5, 0.6) is 0 Å². The summed E-state index contributed by atoms with van der Waals surface area (Å²) in [5.74, 6) is -2.17. The van der Waals surface area contributed by atoms with Crippen LogP contribution < -0.4 is 11.1 Å². The number of pyridine rings is 1. The Hall–Kier alpha value is -2.23. The second kappa shape index (κ2) is 8.20. The average Bonchev–Trinajstić information content (AvgIpc) is 2.60. The van der Waals surface area contributed by atoms with Gasteiger partial charge in [-0.3, -0.25) is 4.79 Å². The molecule has 3 N–H and O–H groups in total. The van der Waals surface area contributed by atoms with E-state index in [9.17, 15) is 22.8 Å². The highest BCUT2D eigenvalue weighted by Gasteiger charge is 2.33. The topological polar surface area (TPSA) is 94.3 Å². The Kier molecular flexibility index (Phi) is 6.40. The van der Waals surface area contributed by atoms with E-state index in [2.05, 4.69) is 9.72 Å². The van der Waals surface area contributed by atoms with E-state index < -0.39 is 41.6 Å². The first-order valence-electron chi connectivity index (χ1n) is 6.95. The number of carbonyl (C=O) groups excluding carboxylic acids is 2. The maximum atomic E-state index is 12.9. The summed E-state index contributed by atoms with van der Waals surface area (Å²) in [5.41, 5.74) is 3.31. The largest absolute Gasteiger partial charge is 0.451 e. The Morgan fingerprint density at radius 3 is 2.41 bits per heavy atom. The molecule has 0 radical (unpaired) electrons. The van der Waals surface area contributed by atoms with Crippen LogP contribution in [0, 0.1) is 0 Å². The highest BCUT2D eigenvalue weighted by atomic mass is 35.5. The number of amides is 1. The fourth-order valence-corrected chi connectivity index (χ4v) is 2.48. The molecule has 2 rings (SSSR count). The number of rotatable bonds is 4. The van der Waals surface area contributed by atoms with Crippen molar-refractivity contribution in [3.8, 4) is 0 Å². The number of para-hydroxylation sites is 1. The smallest absolute Gasteiger partial charge is 0.418 e. The molecule has 1 aromatic carbocycles. The van der Waals surface area contributed by atoms with Gasteiger partial charge in [-0.05, 0) is 12.1 Å². The van der Waals surface area contributed by atoms with Gasteiger partial charge in [0.2, 0.25) is 0 Å². The van der Waals surface area contributed by atoms with Gasteiger partial charge in [0, 0.05) is 0 Å². The monoisotopic (exact) mass is 441 g/mol. The zero-order chi connectivity index (χ0) is 20.4. The number of esters is 1. The van der Waals surface area contributed by atoms with Crippen LogP contribution in [0.3, 0.4) is 0 Å². The summed E-state index contributed by atoms with van der Waals surface area (Å²) >= 11 is 17.2. The standard InChI is InChI=1S/C15H9Cl3F3N3O3/c16-9-11(22)10(17)13(18)24-12(9)14(26)27-5-8(25)23-7-4-2-1-3-6(7)15(19,20)21/h1-4H,5H2,(H2,22,24)(H,23,25). The lowest BCUT2D eigenvalue weighted by molar-refractivity contribution is -0.137. The van der Waals surface area contributed by atoms with Gasteiger partial charge >= 0.3 is 12.1 Å². The second-order valence-corrected chi connectivity index (χ2v) is 6.07. The Balaban J connectivity index is 2.08. The number of alkyl halides is 3. The molecule has 144 valence electrons. The Morgan fingerprint density at radius 2 is 1.78 bits per heavy atom. The Morgan fingerprint density at radius 1 is 1.15 bits per heavy atom. The van der Waals surface area contributed by atoms with Gasteiger partial charge in [-0.25, -0.2) is 9.78 Å². The van der Waals surface area contributed by atoms with E-state index in [0.29, 0.717) is 0 Å². The van der Waals surface area contributed by atoms with Gasteiger partial charge in [0.05, 0.1) is 22.0 Å². The molecular weight excluding hydrogens is 434 g/mol. The first kappa shape index (κ1) is 21.1. The van der Waals surface area contributed by atoms with Crippen LogP contribution >= 0.6 is 34.8 Å². The molecule has 0 unspecified atom stereocenters. The Bertz CT molecular complexity index is 907. The quantitative estimate of drug-likeness (QED) is 0.539. The molecule has 27 heavy (non-hydrogen) atoms. The minimum Gasteiger partial charge on any atom is -0.451 e. The lowest BCUT2D eigenvalue weighted by Crippen LogP contribution is -2.23. The van der Waals surface area contributed by atoms with Crippen LogP contribution in [-0.4, -0.2) is 23.5 Å². The van der Waals surface area contributed by atoms with Gasteiger partial charge in [-0.2, -0.15) is 13.2 Å². The highest BCUT2D eigenvalue weighted by Crippen LogP contribution is 2.35. The number of carbonyl (C=O) groups is 2. The number of aromatic nitrogens is 1. The lowest BCUT2D eigenvalue weighted by Gasteiger charge is -2.13. The third kappa shape index (κ3) is 4.94. The first-order valence-corrected chi connectivity index (χ1v) is 8.09. The molecule has 0 aliphatic rings. The van der Waals surface area contributed by atoms with Gasteiger partial charge in [0.15, 0.2) is 17.5 Å². The van der Waals surface area contributed by atoms with Crippen molar-refractivity contribution in [3.63, 3.8) is 0 Å². The molecule has 0 aliphatic carbocycles. The molecule has 0 spiro atoms. The van der Waals surface area contributed by atoms with Gasteiger partial charge in [-0.1, -0.05) is 46.9 Å². The first-order chi connectivity index (χ1) is 12.5. The summed E-state index contributed by atoms with van der Waals surface area (Å²) in [6.45, 7) is -0.900. The normalized spacial score (nSPS) is 11.2. The fraction of sp³-hybridized carbons (Fsp3) is 0.133. The van der Waals surface area contributed by atoms with Crippen molar-refractivity contribution in [1.82, 2.24) is 4.98 Å². The fourth-order valence-electron chi connectivity index (χ4n) is 1.89. The van der Waals surface area contributed by atoms with Gasteiger partial charge in [0.1, 0.15) is 5.02 Å². The summed E-state index contributed by atoms with van der Waals surface area (Å²) in [5, 5.41) is 1.20. The molecule has 1 amide bonds. The number of benzene rings is 1. The number of anilines is 2. The molecule has 0 fully saturated rings. The van der Waals surface area contributed by atoms with Crippen molar-refractivity contribution >= 4 is 58.1 Å². The molecule has 0 saturated heterocycles. The van der Waals surface area contributed by atoms with E-state index in [-0.39, 0.29) is 20.9 Å². The number of nitrogens with two attached hydrogens (primary N) is 1. The van der Waals surface area contributed by atoms with Gasteiger partial charge in [0.25, 0.3) is 5.91 Å². The number of halogens is 6. The van der Waals surface area contributed by atoms with Crippen LogP contribution in [0.15, 0.2) is 24.3 Å². The second-order valence-electron chi connectivity index (χ2n) is 4.96. The van der Waals surface area contributed by atoms with Crippen molar-refractivity contribution < 1.29 is 27.5 Å². The molecule has 12 heteroatoms. The lowest BCUT2D eigenvalue weighted by atomic mass is 10.1. The zero-order valence-electron chi connectivity index (χ0n) is 13.0. The number of nitrogens with one attached hydrogen (secondary N) is 1. The molecule has 0 atom stereocenters. The van der Waals surface area contributed by atoms with Crippen LogP contribution in [-0.2, 0) is 15.7 Å². The minimum atomic E-state index is -4.67. The van der Waals surface area contributed by atoms with Gasteiger partial charge in [-0.15, -0.1) is 0 Å². The van der Waals surface area contributed by atoms with Gasteiger partial charge < -0.3 is 15.8 Å². The molecule has 1 heterocycles. The molecule has 0 bridgehead atoms. The van der Waals surface area contributed by atoms with E-state index >= 15 is 0 Å². The third-order valence-corrected chi connectivity index (χ3v) is 4.24. The maximum Gasteiger partial charge on any atom is 0.418 e. The van der Waals surface area contributed by atoms with Crippen LogP contribution in [0.4, 0.5) is 24.5 Å². The van der Waals surface area contributed by atoms with Crippen molar-refractivity contribution in [3.05, 3.63) is 50.7 Å². The third-order valence-electron chi connectivity index (χ3n) is 3.11. The zero-order valence-corrected chi connectivity index (χ0v) is 15.3. The summed E-state index contributed by atoms with van der Waals surface area (Å²) in [7, 11) is 0. The molecular formula is C15H9Cl3F3N3O3. The number of hydrogen-bond donors (Lipinski definition) is 2. The van der Waals surface area contributed by atoms with Crippen molar-refractivity contribution in [1.29, 1.82) is 0 Å². The average molecular weight is 443 g/mol. The molecule has 1 aromatic heterocycles. The van der Waals surface area contributed by atoms with E-state index in [1.807, 2.05) is 5.32 Å². The predicted molar refractivity (Wildman–Crippen MR) is 94.0 cm³/mol. The molecule has 2 aromatic rings. The van der Waals surface area contributed by atoms with E-state index in [0.717, 1.165) is 12.1 Å². The predicted octanol–water partition coefficient (Wildman–Crippen LogP) is 4.44. The number of nitrogen functional groups attached to an aromatic ring is 1. The SMILES string of the molecule is Nc1c(Cl)c(Cl)nc(C(=O)OCC(=O)Nc2ccccc2C(F)(F)F)c1Cl. The summed E-state index contributed by atoms with van der Waals surface area (Å²) in [6, 6.07) is 4.32. The maximum absolute atomic E-state index is 12.9. The van der Waals surface area contributed by atoms with Crippen LogP contribution in [0.1, 0.15) is 16.1 Å². The summed E-state index contributed by atoms with van der Waals surface area (Å²) < 4.78 is 43.4. The molecule has 0 aliphatic heterocycles. The van der Waals surface area contributed by atoms with Crippen molar-refractivity contribution in [2.75, 3.05) is 17.7 Å². The van der Waals surface area contributed by atoms with E-state index in [1.54, 1.807) is 0 Å². The Labute approximate surface area is 165 Å². The molecule has 6 nitrogen and oxygen atoms in total. The van der Waals surface area contributed by atoms with E-state index in [4.69, 9.17) is 40.5 Å². The number of hydrogen-bond acceptors (Lipinski definition) is 5. The van der Waals surface area contributed by atoms with Crippen molar-refractivity contribution in [2.45, 2.75) is 6.18 Å².